The second-order valence-corrected chi connectivity index (χ2v) is 8.87. The zero-order valence-electron chi connectivity index (χ0n) is 17.1. The molecule has 7 nitrogen and oxygen atoms in total. The van der Waals surface area contributed by atoms with Crippen molar-refractivity contribution in [2.75, 3.05) is 6.61 Å². The first-order valence-corrected chi connectivity index (χ1v) is 10.4. The fraction of sp³-hybridized carbons (Fsp3) is 0.682. The number of hydrogen-bond acceptors (Lipinski definition) is 7. The van der Waals surface area contributed by atoms with Gasteiger partial charge in [0.1, 0.15) is 12.4 Å². The number of ether oxygens (including phenoxy) is 2. The van der Waals surface area contributed by atoms with Gasteiger partial charge in [0, 0.05) is 29.4 Å². The zero-order valence-corrected chi connectivity index (χ0v) is 17.1. The van der Waals surface area contributed by atoms with Crippen molar-refractivity contribution in [3.8, 4) is 0 Å². The molecule has 3 aliphatic rings. The minimum absolute atomic E-state index is 0.00976. The summed E-state index contributed by atoms with van der Waals surface area (Å²) in [4.78, 5) is 12.5. The number of aliphatic hydroxyl groups excluding tert-OH is 3. The second kappa shape index (κ2) is 7.96. The molecule has 29 heavy (non-hydrogen) atoms. The highest BCUT2D eigenvalue weighted by Gasteiger charge is 2.48. The Bertz CT molecular complexity index is 795. The first kappa shape index (κ1) is 20.8. The number of allylic oxidation sites excluding steroid dienone is 1. The van der Waals surface area contributed by atoms with E-state index in [-0.39, 0.29) is 29.8 Å². The number of hydrogen-bond donors (Lipinski definition) is 3. The van der Waals surface area contributed by atoms with Crippen LogP contribution in [0.15, 0.2) is 28.1 Å². The Morgan fingerprint density at radius 2 is 1.97 bits per heavy atom. The zero-order chi connectivity index (χ0) is 20.9. The van der Waals surface area contributed by atoms with Crippen molar-refractivity contribution in [2.24, 2.45) is 11.8 Å². The van der Waals surface area contributed by atoms with Crippen molar-refractivity contribution in [3.05, 3.63) is 34.8 Å². The summed E-state index contributed by atoms with van der Waals surface area (Å²) in [6.07, 6.45) is 1.65. The lowest BCUT2D eigenvalue weighted by molar-refractivity contribution is -0.165. The SMILES string of the molecule is CC(C[C@@H]1OC[C@H](C[C@@H]2O[C@H]2[C@@H](C)[C@H](C)O)[C@@H](O)[C@H]1O)=C1Cc2cocc2C1=O. The van der Waals surface area contributed by atoms with Crippen LogP contribution in [0.1, 0.15) is 49.5 Å². The molecule has 1 aliphatic carbocycles. The number of carbonyl (C=O) groups excluding carboxylic acids is 1. The fourth-order valence-electron chi connectivity index (χ4n) is 4.57. The summed E-state index contributed by atoms with van der Waals surface area (Å²) in [5.74, 6) is -0.211. The summed E-state index contributed by atoms with van der Waals surface area (Å²) < 4.78 is 16.6. The van der Waals surface area contributed by atoms with Gasteiger partial charge < -0.3 is 29.2 Å². The van der Waals surface area contributed by atoms with E-state index in [4.69, 9.17) is 13.9 Å². The van der Waals surface area contributed by atoms with Crippen molar-refractivity contribution >= 4 is 5.78 Å². The van der Waals surface area contributed by atoms with Crippen LogP contribution in [0, 0.1) is 11.8 Å². The number of furan rings is 1. The maximum atomic E-state index is 12.5. The maximum Gasteiger partial charge on any atom is 0.192 e. The molecule has 0 bridgehead atoms. The van der Waals surface area contributed by atoms with Gasteiger partial charge in [0.05, 0.1) is 49.0 Å². The number of aliphatic hydroxyl groups is 3. The number of Topliss-reactive ketones (excluding diaryl/α,β-unsaturated/α-hetero) is 1. The minimum Gasteiger partial charge on any atom is -0.472 e. The standard InChI is InChI=1S/C22H30O7/c1-10(15-5-13-7-27-9-16(13)20(15)25)4-17-21(26)19(24)14(8-28-17)6-18-22(29-18)11(2)12(3)23/h7,9,11-12,14,17-19,21-24,26H,4-6,8H2,1-3H3/t11-,12-,14-,17-,18-,19+,21-,22-/m0/s1. The lowest BCUT2D eigenvalue weighted by Crippen LogP contribution is -2.50. The first-order valence-electron chi connectivity index (χ1n) is 10.4. The third-order valence-corrected chi connectivity index (χ3v) is 6.82. The van der Waals surface area contributed by atoms with Crippen LogP contribution in [-0.4, -0.2) is 64.3 Å². The van der Waals surface area contributed by atoms with Crippen LogP contribution < -0.4 is 0 Å². The van der Waals surface area contributed by atoms with E-state index < -0.39 is 24.4 Å². The Kier molecular flexibility index (Phi) is 5.70. The van der Waals surface area contributed by atoms with E-state index in [0.29, 0.717) is 31.4 Å². The number of rotatable bonds is 6. The van der Waals surface area contributed by atoms with Gasteiger partial charge in [0.2, 0.25) is 0 Å². The van der Waals surface area contributed by atoms with Crippen LogP contribution in [0.25, 0.3) is 0 Å². The number of ketones is 1. The van der Waals surface area contributed by atoms with Gasteiger partial charge in [0.25, 0.3) is 0 Å². The van der Waals surface area contributed by atoms with Crippen LogP contribution in [0.4, 0.5) is 0 Å². The maximum absolute atomic E-state index is 12.5. The van der Waals surface area contributed by atoms with Crippen LogP contribution in [0.3, 0.4) is 0 Å². The lowest BCUT2D eigenvalue weighted by Gasteiger charge is -2.38. The molecule has 0 radical (unpaired) electrons. The average Bonchev–Trinajstić information content (AvgIpc) is 3.15. The summed E-state index contributed by atoms with van der Waals surface area (Å²) in [6, 6.07) is 0. The van der Waals surface area contributed by atoms with Gasteiger partial charge >= 0.3 is 0 Å². The Morgan fingerprint density at radius 3 is 2.66 bits per heavy atom. The van der Waals surface area contributed by atoms with Gasteiger partial charge in [-0.25, -0.2) is 0 Å². The van der Waals surface area contributed by atoms with Crippen LogP contribution >= 0.6 is 0 Å². The molecule has 2 saturated heterocycles. The highest BCUT2D eigenvalue weighted by molar-refractivity contribution is 6.13. The molecule has 3 heterocycles. The Balaban J connectivity index is 1.34. The molecule has 2 aliphatic heterocycles. The molecule has 3 N–H and O–H groups in total. The van der Waals surface area contributed by atoms with Gasteiger partial charge in [-0.3, -0.25) is 4.79 Å². The summed E-state index contributed by atoms with van der Waals surface area (Å²) in [5, 5.41) is 30.9. The Labute approximate surface area is 170 Å². The highest BCUT2D eigenvalue weighted by atomic mass is 16.6. The van der Waals surface area contributed by atoms with Gasteiger partial charge in [-0.15, -0.1) is 0 Å². The van der Waals surface area contributed by atoms with Crippen molar-refractivity contribution in [1.82, 2.24) is 0 Å². The van der Waals surface area contributed by atoms with Crippen LogP contribution in [0.2, 0.25) is 0 Å². The van der Waals surface area contributed by atoms with Gasteiger partial charge in [-0.05, 0) is 26.7 Å². The molecule has 1 aromatic heterocycles. The number of carbonyl (C=O) groups is 1. The minimum atomic E-state index is -1.02. The molecule has 0 unspecified atom stereocenters. The summed E-state index contributed by atoms with van der Waals surface area (Å²) in [5.41, 5.74) is 3.09. The van der Waals surface area contributed by atoms with E-state index in [1.165, 1.54) is 6.26 Å². The molecule has 0 amide bonds. The predicted molar refractivity (Wildman–Crippen MR) is 103 cm³/mol. The lowest BCUT2D eigenvalue weighted by atomic mass is 9.85. The largest absolute Gasteiger partial charge is 0.472 e. The van der Waals surface area contributed by atoms with E-state index in [9.17, 15) is 20.1 Å². The number of fused-ring (bicyclic) bond motifs is 1. The smallest absolute Gasteiger partial charge is 0.192 e. The normalized spacial score (nSPS) is 37.9. The molecule has 7 heteroatoms. The quantitative estimate of drug-likeness (QED) is 0.486. The monoisotopic (exact) mass is 406 g/mol. The molecule has 160 valence electrons. The summed E-state index contributed by atoms with van der Waals surface area (Å²) in [7, 11) is 0. The summed E-state index contributed by atoms with van der Waals surface area (Å²) >= 11 is 0. The molecule has 0 spiro atoms. The third-order valence-electron chi connectivity index (χ3n) is 6.82. The molecular formula is C22H30O7. The average molecular weight is 406 g/mol. The van der Waals surface area contributed by atoms with Gasteiger partial charge in [0.15, 0.2) is 5.78 Å². The highest BCUT2D eigenvalue weighted by Crippen LogP contribution is 2.39. The van der Waals surface area contributed by atoms with E-state index in [2.05, 4.69) is 0 Å². The van der Waals surface area contributed by atoms with Crippen molar-refractivity contribution < 1.29 is 34.0 Å². The van der Waals surface area contributed by atoms with E-state index in [1.54, 1.807) is 13.2 Å². The molecule has 0 aromatic carbocycles. The topological polar surface area (TPSA) is 113 Å². The Hall–Kier alpha value is -1.51. The van der Waals surface area contributed by atoms with Crippen molar-refractivity contribution in [3.63, 3.8) is 0 Å². The van der Waals surface area contributed by atoms with E-state index in [1.807, 2.05) is 13.8 Å². The third kappa shape index (κ3) is 3.94. The molecule has 1 aromatic rings. The molecule has 8 atom stereocenters. The predicted octanol–water partition coefficient (Wildman–Crippen LogP) is 1.64. The first-order chi connectivity index (χ1) is 13.8. The second-order valence-electron chi connectivity index (χ2n) is 8.87. The molecule has 0 saturated carbocycles. The van der Waals surface area contributed by atoms with E-state index >= 15 is 0 Å². The molecule has 2 fully saturated rings. The molecular weight excluding hydrogens is 376 g/mol. The van der Waals surface area contributed by atoms with Crippen LogP contribution in [-0.2, 0) is 15.9 Å². The summed E-state index contributed by atoms with van der Waals surface area (Å²) in [6.45, 7) is 5.90. The van der Waals surface area contributed by atoms with Crippen LogP contribution in [0.5, 0.6) is 0 Å². The van der Waals surface area contributed by atoms with E-state index in [0.717, 1.165) is 16.7 Å². The van der Waals surface area contributed by atoms with Crippen molar-refractivity contribution in [1.29, 1.82) is 0 Å². The number of epoxide rings is 1. The van der Waals surface area contributed by atoms with Gasteiger partial charge in [-0.1, -0.05) is 12.5 Å². The molecule has 4 rings (SSSR count). The Morgan fingerprint density at radius 1 is 1.21 bits per heavy atom. The van der Waals surface area contributed by atoms with Crippen molar-refractivity contribution in [2.45, 2.75) is 76.7 Å². The fourth-order valence-corrected chi connectivity index (χ4v) is 4.57. The van der Waals surface area contributed by atoms with Gasteiger partial charge in [-0.2, -0.15) is 0 Å².